The first-order valence-corrected chi connectivity index (χ1v) is 6.66. The Morgan fingerprint density at radius 2 is 1.87 bits per heavy atom. The fourth-order valence-electron chi connectivity index (χ4n) is 1.94. The molecule has 0 radical (unpaired) electrons. The number of hydrogen-bond donors (Lipinski definition) is 0. The fourth-order valence-corrected chi connectivity index (χ4v) is 1.94. The number of rotatable bonds is 8. The summed E-state index contributed by atoms with van der Waals surface area (Å²) in [5.74, 6) is 0. The molecule has 0 aromatic heterocycles. The Morgan fingerprint density at radius 1 is 1.07 bits per heavy atom. The molecular formula is C13H26O2. The van der Waals surface area contributed by atoms with Gasteiger partial charge in [-0.3, -0.25) is 0 Å². The highest BCUT2D eigenvalue weighted by molar-refractivity contribution is 4.54. The molecule has 0 unspecified atom stereocenters. The Hall–Kier alpha value is -0.0800. The molecule has 0 aromatic carbocycles. The van der Waals surface area contributed by atoms with Gasteiger partial charge in [0.15, 0.2) is 6.29 Å². The second kappa shape index (κ2) is 9.17. The van der Waals surface area contributed by atoms with Gasteiger partial charge in [-0.15, -0.1) is 0 Å². The van der Waals surface area contributed by atoms with Crippen molar-refractivity contribution in [2.75, 3.05) is 13.2 Å². The van der Waals surface area contributed by atoms with Gasteiger partial charge in [0.1, 0.15) is 0 Å². The molecule has 0 saturated carbocycles. The first-order valence-electron chi connectivity index (χ1n) is 6.66. The largest absolute Gasteiger partial charge is 0.353 e. The van der Waals surface area contributed by atoms with Gasteiger partial charge in [-0.05, 0) is 25.7 Å². The molecule has 2 heteroatoms. The Labute approximate surface area is 94.3 Å². The first-order chi connectivity index (χ1) is 7.43. The van der Waals surface area contributed by atoms with Crippen molar-refractivity contribution < 1.29 is 9.47 Å². The third-order valence-corrected chi connectivity index (χ3v) is 2.94. The van der Waals surface area contributed by atoms with Crippen LogP contribution in [0.15, 0.2) is 0 Å². The quantitative estimate of drug-likeness (QED) is 0.571. The molecule has 0 amide bonds. The van der Waals surface area contributed by atoms with Crippen molar-refractivity contribution in [2.24, 2.45) is 0 Å². The average molecular weight is 214 g/mol. The maximum Gasteiger partial charge on any atom is 0.157 e. The zero-order valence-corrected chi connectivity index (χ0v) is 10.2. The van der Waals surface area contributed by atoms with Crippen molar-refractivity contribution in [1.82, 2.24) is 0 Å². The first kappa shape index (κ1) is 13.0. The standard InChI is InChI=1S/C13H26O2/c1-2-3-4-5-6-8-11-14-13-10-7-9-12-15-13/h13H,2-12H2,1H3/t13-/m1/s1. The predicted molar refractivity (Wildman–Crippen MR) is 62.9 cm³/mol. The average Bonchev–Trinajstić information content (AvgIpc) is 2.29. The normalized spacial score (nSPS) is 21.8. The van der Waals surface area contributed by atoms with Gasteiger partial charge in [0.05, 0.1) is 0 Å². The van der Waals surface area contributed by atoms with E-state index in [2.05, 4.69) is 6.92 Å². The predicted octanol–water partition coefficient (Wildman–Crippen LogP) is 3.89. The number of hydrogen-bond acceptors (Lipinski definition) is 2. The van der Waals surface area contributed by atoms with Crippen molar-refractivity contribution >= 4 is 0 Å². The minimum Gasteiger partial charge on any atom is -0.353 e. The monoisotopic (exact) mass is 214 g/mol. The molecule has 0 aromatic rings. The minimum atomic E-state index is 0.106. The summed E-state index contributed by atoms with van der Waals surface area (Å²) >= 11 is 0. The molecule has 15 heavy (non-hydrogen) atoms. The van der Waals surface area contributed by atoms with Crippen LogP contribution in [0.4, 0.5) is 0 Å². The van der Waals surface area contributed by atoms with Gasteiger partial charge >= 0.3 is 0 Å². The molecule has 1 aliphatic heterocycles. The third-order valence-electron chi connectivity index (χ3n) is 2.94. The van der Waals surface area contributed by atoms with Crippen LogP contribution < -0.4 is 0 Å². The second-order valence-corrected chi connectivity index (χ2v) is 4.43. The van der Waals surface area contributed by atoms with E-state index in [1.807, 2.05) is 0 Å². The summed E-state index contributed by atoms with van der Waals surface area (Å²) < 4.78 is 11.2. The van der Waals surface area contributed by atoms with Gasteiger partial charge in [-0.1, -0.05) is 39.0 Å². The maximum atomic E-state index is 5.67. The highest BCUT2D eigenvalue weighted by atomic mass is 16.7. The van der Waals surface area contributed by atoms with Gasteiger partial charge in [0.25, 0.3) is 0 Å². The Kier molecular flexibility index (Phi) is 7.94. The van der Waals surface area contributed by atoms with E-state index in [4.69, 9.17) is 9.47 Å². The van der Waals surface area contributed by atoms with Gasteiger partial charge in [-0.2, -0.15) is 0 Å². The Bertz CT molecular complexity index is 130. The highest BCUT2D eigenvalue weighted by Gasteiger charge is 2.12. The smallest absolute Gasteiger partial charge is 0.157 e. The number of ether oxygens (including phenoxy) is 2. The summed E-state index contributed by atoms with van der Waals surface area (Å²) in [6.45, 7) is 4.03. The molecule has 1 saturated heterocycles. The van der Waals surface area contributed by atoms with Crippen LogP contribution in [0.3, 0.4) is 0 Å². The van der Waals surface area contributed by atoms with Gasteiger partial charge in [0.2, 0.25) is 0 Å². The van der Waals surface area contributed by atoms with Crippen molar-refractivity contribution in [3.63, 3.8) is 0 Å². The van der Waals surface area contributed by atoms with E-state index in [1.165, 1.54) is 51.4 Å². The van der Waals surface area contributed by atoms with E-state index in [0.29, 0.717) is 0 Å². The molecule has 0 spiro atoms. The van der Waals surface area contributed by atoms with Crippen LogP contribution in [0, 0.1) is 0 Å². The minimum absolute atomic E-state index is 0.106. The maximum absolute atomic E-state index is 5.67. The van der Waals surface area contributed by atoms with E-state index in [9.17, 15) is 0 Å². The van der Waals surface area contributed by atoms with E-state index in [-0.39, 0.29) is 6.29 Å². The fraction of sp³-hybridized carbons (Fsp3) is 1.00. The third kappa shape index (κ3) is 6.91. The molecule has 90 valence electrons. The van der Waals surface area contributed by atoms with Crippen LogP contribution in [0.1, 0.15) is 64.7 Å². The van der Waals surface area contributed by atoms with Crippen LogP contribution in [0.25, 0.3) is 0 Å². The molecule has 0 aliphatic carbocycles. The molecule has 1 aliphatic rings. The lowest BCUT2D eigenvalue weighted by atomic mass is 10.1. The van der Waals surface area contributed by atoms with E-state index in [0.717, 1.165) is 19.6 Å². The molecule has 1 heterocycles. The highest BCUT2D eigenvalue weighted by Crippen LogP contribution is 2.14. The summed E-state index contributed by atoms with van der Waals surface area (Å²) in [6, 6.07) is 0. The van der Waals surface area contributed by atoms with Crippen molar-refractivity contribution in [1.29, 1.82) is 0 Å². The summed E-state index contributed by atoms with van der Waals surface area (Å²) in [5.41, 5.74) is 0. The summed E-state index contributed by atoms with van der Waals surface area (Å²) in [5, 5.41) is 0. The molecule has 1 rings (SSSR count). The van der Waals surface area contributed by atoms with Crippen LogP contribution in [-0.4, -0.2) is 19.5 Å². The second-order valence-electron chi connectivity index (χ2n) is 4.43. The molecule has 1 fully saturated rings. The van der Waals surface area contributed by atoms with Crippen LogP contribution >= 0.6 is 0 Å². The van der Waals surface area contributed by atoms with Gasteiger partial charge < -0.3 is 9.47 Å². The zero-order valence-electron chi connectivity index (χ0n) is 10.2. The Balaban J connectivity index is 1.79. The van der Waals surface area contributed by atoms with E-state index >= 15 is 0 Å². The van der Waals surface area contributed by atoms with Crippen molar-refractivity contribution in [3.05, 3.63) is 0 Å². The number of unbranched alkanes of at least 4 members (excludes halogenated alkanes) is 5. The van der Waals surface area contributed by atoms with Gasteiger partial charge in [0, 0.05) is 13.2 Å². The summed E-state index contributed by atoms with van der Waals surface area (Å²) in [6.07, 6.45) is 11.6. The molecule has 2 nitrogen and oxygen atoms in total. The lowest BCUT2D eigenvalue weighted by Gasteiger charge is -2.22. The van der Waals surface area contributed by atoms with Crippen LogP contribution in [0.5, 0.6) is 0 Å². The molecular weight excluding hydrogens is 188 g/mol. The molecule has 0 bridgehead atoms. The van der Waals surface area contributed by atoms with E-state index in [1.54, 1.807) is 0 Å². The van der Waals surface area contributed by atoms with Crippen molar-refractivity contribution in [2.45, 2.75) is 71.0 Å². The summed E-state index contributed by atoms with van der Waals surface area (Å²) in [4.78, 5) is 0. The lowest BCUT2D eigenvalue weighted by Crippen LogP contribution is -2.22. The van der Waals surface area contributed by atoms with Crippen LogP contribution in [-0.2, 0) is 9.47 Å². The molecule has 1 atom stereocenters. The van der Waals surface area contributed by atoms with Gasteiger partial charge in [-0.25, -0.2) is 0 Å². The SMILES string of the molecule is CCCCCCCCO[C@H]1CCCCO1. The summed E-state index contributed by atoms with van der Waals surface area (Å²) in [7, 11) is 0. The van der Waals surface area contributed by atoms with E-state index < -0.39 is 0 Å². The Morgan fingerprint density at radius 3 is 2.60 bits per heavy atom. The van der Waals surface area contributed by atoms with Crippen LogP contribution in [0.2, 0.25) is 0 Å². The zero-order chi connectivity index (χ0) is 10.8. The molecule has 0 N–H and O–H groups in total. The van der Waals surface area contributed by atoms with Crippen molar-refractivity contribution in [3.8, 4) is 0 Å². The lowest BCUT2D eigenvalue weighted by molar-refractivity contribution is -0.162. The topological polar surface area (TPSA) is 18.5 Å².